The molecule has 110 valence electrons. The van der Waals surface area contributed by atoms with Crippen molar-refractivity contribution < 1.29 is 9.59 Å². The molecule has 0 heterocycles. The first-order chi connectivity index (χ1) is 9.41. The van der Waals surface area contributed by atoms with Crippen molar-refractivity contribution >= 4 is 23.4 Å². The summed E-state index contributed by atoms with van der Waals surface area (Å²) < 4.78 is 0. The Morgan fingerprint density at radius 3 is 2.25 bits per heavy atom. The van der Waals surface area contributed by atoms with Crippen molar-refractivity contribution in [2.24, 2.45) is 5.92 Å². The molecule has 0 spiro atoms. The lowest BCUT2D eigenvalue weighted by Gasteiger charge is -2.17. The number of rotatable bonds is 6. The van der Waals surface area contributed by atoms with Crippen LogP contribution in [-0.2, 0) is 9.59 Å². The molecule has 2 atom stereocenters. The average molecular weight is 297 g/mol. The van der Waals surface area contributed by atoms with Gasteiger partial charge in [-0.25, -0.2) is 0 Å². The number of halogens is 1. The maximum atomic E-state index is 12.0. The van der Waals surface area contributed by atoms with E-state index in [-0.39, 0.29) is 11.8 Å². The van der Waals surface area contributed by atoms with Crippen LogP contribution in [0.3, 0.4) is 0 Å². The molecule has 2 N–H and O–H groups in total. The van der Waals surface area contributed by atoms with Gasteiger partial charge in [0.25, 0.3) is 0 Å². The Morgan fingerprint density at radius 1 is 1.10 bits per heavy atom. The first-order valence-corrected chi connectivity index (χ1v) is 7.12. The zero-order valence-electron chi connectivity index (χ0n) is 12.0. The van der Waals surface area contributed by atoms with Crippen molar-refractivity contribution in [3.63, 3.8) is 0 Å². The molecule has 2 unspecified atom stereocenters. The van der Waals surface area contributed by atoms with E-state index in [4.69, 9.17) is 11.6 Å². The van der Waals surface area contributed by atoms with E-state index >= 15 is 0 Å². The highest BCUT2D eigenvalue weighted by molar-refractivity contribution is 6.30. The zero-order chi connectivity index (χ0) is 15.1. The van der Waals surface area contributed by atoms with Crippen LogP contribution < -0.4 is 10.6 Å². The third kappa shape index (κ3) is 5.21. The Kier molecular flexibility index (Phi) is 6.52. The summed E-state index contributed by atoms with van der Waals surface area (Å²) in [5, 5.41) is 4.59. The highest BCUT2D eigenvalue weighted by Crippen LogP contribution is 2.19. The SMILES string of the molecule is CC(C)CNC(=O)C(C)NC(=O)C(Cl)c1ccccc1. The van der Waals surface area contributed by atoms with E-state index in [0.29, 0.717) is 18.0 Å². The fourth-order valence-electron chi connectivity index (χ4n) is 1.58. The van der Waals surface area contributed by atoms with Gasteiger partial charge in [0, 0.05) is 6.54 Å². The number of amides is 2. The van der Waals surface area contributed by atoms with Gasteiger partial charge in [-0.1, -0.05) is 44.2 Å². The van der Waals surface area contributed by atoms with E-state index in [0.717, 1.165) is 0 Å². The number of carbonyl (C=O) groups is 2. The van der Waals surface area contributed by atoms with Crippen LogP contribution in [0.5, 0.6) is 0 Å². The van der Waals surface area contributed by atoms with E-state index < -0.39 is 11.4 Å². The Bertz CT molecular complexity index is 448. The Morgan fingerprint density at radius 2 is 1.70 bits per heavy atom. The number of hydrogen-bond donors (Lipinski definition) is 2. The summed E-state index contributed by atoms with van der Waals surface area (Å²) in [4.78, 5) is 23.7. The minimum Gasteiger partial charge on any atom is -0.354 e. The normalized spacial score (nSPS) is 13.7. The lowest BCUT2D eigenvalue weighted by Crippen LogP contribution is -2.46. The van der Waals surface area contributed by atoms with Gasteiger partial charge in [0.05, 0.1) is 0 Å². The van der Waals surface area contributed by atoms with Crippen LogP contribution in [0.2, 0.25) is 0 Å². The quantitative estimate of drug-likeness (QED) is 0.791. The maximum Gasteiger partial charge on any atom is 0.243 e. The van der Waals surface area contributed by atoms with Crippen molar-refractivity contribution in [2.75, 3.05) is 6.54 Å². The van der Waals surface area contributed by atoms with Gasteiger partial charge in [-0.2, -0.15) is 0 Å². The predicted octanol–water partition coefficient (Wildman–Crippen LogP) is 2.24. The van der Waals surface area contributed by atoms with Crippen molar-refractivity contribution in [1.82, 2.24) is 10.6 Å². The van der Waals surface area contributed by atoms with Gasteiger partial charge in [-0.05, 0) is 18.4 Å². The molecule has 0 radical (unpaired) electrons. The summed E-state index contributed by atoms with van der Waals surface area (Å²) in [5.74, 6) is -0.207. The molecule has 0 saturated heterocycles. The monoisotopic (exact) mass is 296 g/mol. The van der Waals surface area contributed by atoms with Crippen LogP contribution in [0.1, 0.15) is 31.7 Å². The Balaban J connectivity index is 2.51. The van der Waals surface area contributed by atoms with Crippen LogP contribution in [0.25, 0.3) is 0 Å². The number of carbonyl (C=O) groups excluding carboxylic acids is 2. The van der Waals surface area contributed by atoms with Gasteiger partial charge in [-0.15, -0.1) is 11.6 Å². The molecule has 2 amide bonds. The van der Waals surface area contributed by atoms with Gasteiger partial charge in [-0.3, -0.25) is 9.59 Å². The maximum absolute atomic E-state index is 12.0. The van der Waals surface area contributed by atoms with Crippen LogP contribution >= 0.6 is 11.6 Å². The Labute approximate surface area is 124 Å². The van der Waals surface area contributed by atoms with Gasteiger partial charge in [0.1, 0.15) is 11.4 Å². The number of nitrogens with one attached hydrogen (secondary N) is 2. The van der Waals surface area contributed by atoms with E-state index in [2.05, 4.69) is 10.6 Å². The van der Waals surface area contributed by atoms with Gasteiger partial charge in [0.15, 0.2) is 0 Å². The number of benzene rings is 1. The molecular formula is C15H21ClN2O2. The predicted molar refractivity (Wildman–Crippen MR) is 80.5 cm³/mol. The fraction of sp³-hybridized carbons (Fsp3) is 0.467. The number of alkyl halides is 1. The molecule has 20 heavy (non-hydrogen) atoms. The molecule has 1 aromatic carbocycles. The molecule has 4 nitrogen and oxygen atoms in total. The standard InChI is InChI=1S/C15H21ClN2O2/c1-10(2)9-17-14(19)11(3)18-15(20)13(16)12-7-5-4-6-8-12/h4-8,10-11,13H,9H2,1-3H3,(H,17,19)(H,18,20). The third-order valence-electron chi connectivity index (χ3n) is 2.76. The second-order valence-electron chi connectivity index (χ2n) is 5.14. The largest absolute Gasteiger partial charge is 0.354 e. The molecule has 0 fully saturated rings. The average Bonchev–Trinajstić information content (AvgIpc) is 2.44. The highest BCUT2D eigenvalue weighted by Gasteiger charge is 2.22. The molecule has 1 aromatic rings. The lowest BCUT2D eigenvalue weighted by atomic mass is 10.1. The highest BCUT2D eigenvalue weighted by atomic mass is 35.5. The second-order valence-corrected chi connectivity index (χ2v) is 5.58. The fourth-order valence-corrected chi connectivity index (χ4v) is 1.79. The second kappa shape index (κ2) is 7.90. The van der Waals surface area contributed by atoms with Crippen LogP contribution in [0, 0.1) is 5.92 Å². The molecule has 0 aromatic heterocycles. The summed E-state index contributed by atoms with van der Waals surface area (Å²) in [7, 11) is 0. The molecule has 0 aliphatic heterocycles. The molecule has 0 aliphatic rings. The van der Waals surface area contributed by atoms with Crippen molar-refractivity contribution in [3.8, 4) is 0 Å². The summed E-state index contributed by atoms with van der Waals surface area (Å²) in [6.07, 6.45) is 0. The molecule has 0 saturated carbocycles. The van der Waals surface area contributed by atoms with E-state index in [9.17, 15) is 9.59 Å². The smallest absolute Gasteiger partial charge is 0.243 e. The van der Waals surface area contributed by atoms with Gasteiger partial charge >= 0.3 is 0 Å². The first-order valence-electron chi connectivity index (χ1n) is 6.69. The van der Waals surface area contributed by atoms with Crippen molar-refractivity contribution in [1.29, 1.82) is 0 Å². The van der Waals surface area contributed by atoms with Gasteiger partial charge in [0.2, 0.25) is 11.8 Å². The molecule has 5 heteroatoms. The zero-order valence-corrected chi connectivity index (χ0v) is 12.8. The van der Waals surface area contributed by atoms with E-state index in [1.807, 2.05) is 32.0 Å². The van der Waals surface area contributed by atoms with Crippen molar-refractivity contribution in [3.05, 3.63) is 35.9 Å². The minimum absolute atomic E-state index is 0.205. The van der Waals surface area contributed by atoms with Crippen molar-refractivity contribution in [2.45, 2.75) is 32.2 Å². The number of hydrogen-bond acceptors (Lipinski definition) is 2. The summed E-state index contributed by atoms with van der Waals surface area (Å²) in [6.45, 7) is 6.24. The van der Waals surface area contributed by atoms with Crippen LogP contribution in [0.15, 0.2) is 30.3 Å². The van der Waals surface area contributed by atoms with Crippen LogP contribution in [0.4, 0.5) is 0 Å². The molecule has 0 aliphatic carbocycles. The van der Waals surface area contributed by atoms with E-state index in [1.165, 1.54) is 0 Å². The van der Waals surface area contributed by atoms with Crippen LogP contribution in [-0.4, -0.2) is 24.4 Å². The van der Waals surface area contributed by atoms with Gasteiger partial charge < -0.3 is 10.6 Å². The van der Waals surface area contributed by atoms with E-state index in [1.54, 1.807) is 19.1 Å². The molecular weight excluding hydrogens is 276 g/mol. The molecule has 1 rings (SSSR count). The first kappa shape index (κ1) is 16.5. The topological polar surface area (TPSA) is 58.2 Å². The Hall–Kier alpha value is -1.55. The molecule has 0 bridgehead atoms. The summed E-state index contributed by atoms with van der Waals surface area (Å²) >= 11 is 6.09. The minimum atomic E-state index is -0.795. The third-order valence-corrected chi connectivity index (χ3v) is 3.21. The lowest BCUT2D eigenvalue weighted by molar-refractivity contribution is -0.128. The summed E-state index contributed by atoms with van der Waals surface area (Å²) in [5.41, 5.74) is 0.710. The summed E-state index contributed by atoms with van der Waals surface area (Å²) in [6, 6.07) is 8.44.